The summed E-state index contributed by atoms with van der Waals surface area (Å²) in [5, 5.41) is 5.59. The van der Waals surface area contributed by atoms with E-state index in [4.69, 9.17) is 9.47 Å². The summed E-state index contributed by atoms with van der Waals surface area (Å²) in [4.78, 5) is 51.2. The molecule has 1 aliphatic heterocycles. The van der Waals surface area contributed by atoms with Crippen LogP contribution in [-0.2, 0) is 9.47 Å². The summed E-state index contributed by atoms with van der Waals surface area (Å²) in [5.41, 5.74) is 3.21. The molecule has 4 rings (SSSR count). The van der Waals surface area contributed by atoms with Crippen LogP contribution in [0.25, 0.3) is 10.4 Å². The third kappa shape index (κ3) is 8.40. The molecule has 0 atom stereocenters. The molecular formula is C29H36N6O5S. The maximum atomic E-state index is 13.2. The fourth-order valence-corrected chi connectivity index (χ4v) is 4.67. The minimum Gasteiger partial charge on any atom is -0.444 e. The first kappa shape index (κ1) is 29.8. The van der Waals surface area contributed by atoms with Crippen molar-refractivity contribution in [1.82, 2.24) is 14.9 Å². The van der Waals surface area contributed by atoms with Crippen LogP contribution in [0.1, 0.15) is 52.0 Å². The molecule has 218 valence electrons. The highest BCUT2D eigenvalue weighted by atomic mass is 32.1. The number of carbonyl (C=O) groups excluding carboxylic acids is 3. The molecule has 1 aromatic carbocycles. The molecule has 0 spiro atoms. The molecule has 11 nitrogen and oxygen atoms in total. The molecular weight excluding hydrogens is 544 g/mol. The van der Waals surface area contributed by atoms with Crippen molar-refractivity contribution in [2.24, 2.45) is 0 Å². The number of pyridine rings is 1. The van der Waals surface area contributed by atoms with E-state index in [1.165, 1.54) is 11.3 Å². The molecule has 0 bridgehead atoms. The SMILES string of the molecule is CC(C)(C)OC(=O)Nc1ccc(-c2cncs2)cc1NC(=O)c1ccc(N2CCN(C(=O)OC(C)(C)C)CC2)cn1. The number of piperazine rings is 1. The van der Waals surface area contributed by atoms with Crippen molar-refractivity contribution >= 4 is 46.5 Å². The van der Waals surface area contributed by atoms with Gasteiger partial charge in [-0.05, 0) is 71.4 Å². The molecule has 0 aliphatic carbocycles. The lowest BCUT2D eigenvalue weighted by Crippen LogP contribution is -2.50. The van der Waals surface area contributed by atoms with Crippen LogP contribution in [0.3, 0.4) is 0 Å². The average Bonchev–Trinajstić information content (AvgIpc) is 3.43. The van der Waals surface area contributed by atoms with Crippen LogP contribution in [0.15, 0.2) is 48.2 Å². The lowest BCUT2D eigenvalue weighted by atomic mass is 10.1. The van der Waals surface area contributed by atoms with Crippen molar-refractivity contribution in [3.05, 3.63) is 53.9 Å². The molecule has 2 N–H and O–H groups in total. The highest BCUT2D eigenvalue weighted by Crippen LogP contribution is 2.32. The molecule has 0 saturated carbocycles. The van der Waals surface area contributed by atoms with Crippen LogP contribution in [0.4, 0.5) is 26.7 Å². The summed E-state index contributed by atoms with van der Waals surface area (Å²) < 4.78 is 10.9. The molecule has 1 aliphatic rings. The Labute approximate surface area is 243 Å². The van der Waals surface area contributed by atoms with Gasteiger partial charge in [-0.15, -0.1) is 11.3 Å². The maximum Gasteiger partial charge on any atom is 0.412 e. The van der Waals surface area contributed by atoms with Crippen LogP contribution in [0, 0.1) is 0 Å². The van der Waals surface area contributed by atoms with Gasteiger partial charge in [0, 0.05) is 32.4 Å². The number of nitrogens with zero attached hydrogens (tertiary/aromatic N) is 4. The van der Waals surface area contributed by atoms with Gasteiger partial charge in [-0.25, -0.2) is 14.6 Å². The van der Waals surface area contributed by atoms with E-state index in [1.54, 1.807) is 61.8 Å². The van der Waals surface area contributed by atoms with E-state index in [0.717, 1.165) is 16.1 Å². The molecule has 1 saturated heterocycles. The third-order valence-electron chi connectivity index (χ3n) is 5.90. The van der Waals surface area contributed by atoms with Crippen LogP contribution in [0.5, 0.6) is 0 Å². The summed E-state index contributed by atoms with van der Waals surface area (Å²) in [6.45, 7) is 13.2. The van der Waals surface area contributed by atoms with Gasteiger partial charge >= 0.3 is 12.2 Å². The van der Waals surface area contributed by atoms with Crippen LogP contribution in [0.2, 0.25) is 0 Å². The van der Waals surface area contributed by atoms with E-state index in [2.05, 4.69) is 25.5 Å². The van der Waals surface area contributed by atoms with Crippen molar-refractivity contribution in [1.29, 1.82) is 0 Å². The first-order chi connectivity index (χ1) is 19.3. The van der Waals surface area contributed by atoms with Gasteiger partial charge in [0.15, 0.2) is 0 Å². The van der Waals surface area contributed by atoms with E-state index >= 15 is 0 Å². The number of nitrogens with one attached hydrogen (secondary N) is 2. The van der Waals surface area contributed by atoms with Gasteiger partial charge in [0.25, 0.3) is 5.91 Å². The average molecular weight is 581 g/mol. The largest absolute Gasteiger partial charge is 0.444 e. The molecule has 0 unspecified atom stereocenters. The third-order valence-corrected chi connectivity index (χ3v) is 6.72. The highest BCUT2D eigenvalue weighted by Gasteiger charge is 2.26. The van der Waals surface area contributed by atoms with Crippen molar-refractivity contribution in [2.75, 3.05) is 41.7 Å². The number of anilines is 3. The van der Waals surface area contributed by atoms with E-state index < -0.39 is 23.2 Å². The van der Waals surface area contributed by atoms with Crippen molar-refractivity contribution in [2.45, 2.75) is 52.7 Å². The summed E-state index contributed by atoms with van der Waals surface area (Å²) in [6.07, 6.45) is 2.43. The fraction of sp³-hybridized carbons (Fsp3) is 0.414. The standard InChI is InChI=1S/C29H36N6O5S/c1-28(2,3)39-26(37)33-21-9-7-19(24-17-30-18-41-24)15-23(21)32-25(36)22-10-8-20(16-31-22)34-11-13-35(14-12-34)27(38)40-29(4,5)6/h7-10,15-18H,11-14H2,1-6H3,(H,32,36)(H,33,37). The monoisotopic (exact) mass is 580 g/mol. The lowest BCUT2D eigenvalue weighted by Gasteiger charge is -2.36. The second-order valence-electron chi connectivity index (χ2n) is 11.6. The number of ether oxygens (including phenoxy) is 2. The fourth-order valence-electron chi connectivity index (χ4n) is 4.05. The van der Waals surface area contributed by atoms with Gasteiger partial charge in [-0.2, -0.15) is 0 Å². The zero-order valence-corrected chi connectivity index (χ0v) is 25.0. The van der Waals surface area contributed by atoms with Crippen molar-refractivity contribution < 1.29 is 23.9 Å². The zero-order chi connectivity index (χ0) is 29.8. The summed E-state index contributed by atoms with van der Waals surface area (Å²) in [6, 6.07) is 8.81. The smallest absolute Gasteiger partial charge is 0.412 e. The van der Waals surface area contributed by atoms with Crippen LogP contribution < -0.4 is 15.5 Å². The second-order valence-corrected chi connectivity index (χ2v) is 12.4. The van der Waals surface area contributed by atoms with Crippen molar-refractivity contribution in [3.8, 4) is 10.4 Å². The number of amides is 3. The minimum atomic E-state index is -0.676. The summed E-state index contributed by atoms with van der Waals surface area (Å²) >= 11 is 1.47. The molecule has 41 heavy (non-hydrogen) atoms. The second kappa shape index (κ2) is 12.1. The van der Waals surface area contributed by atoms with E-state index in [9.17, 15) is 14.4 Å². The van der Waals surface area contributed by atoms with E-state index in [0.29, 0.717) is 37.6 Å². The predicted octanol–water partition coefficient (Wildman–Crippen LogP) is 5.86. The highest BCUT2D eigenvalue weighted by molar-refractivity contribution is 7.13. The summed E-state index contributed by atoms with van der Waals surface area (Å²) in [5.74, 6) is -0.431. The maximum absolute atomic E-state index is 13.2. The van der Waals surface area contributed by atoms with Crippen molar-refractivity contribution in [3.63, 3.8) is 0 Å². The molecule has 3 heterocycles. The Morgan fingerprint density at radius 1 is 0.854 bits per heavy atom. The summed E-state index contributed by atoms with van der Waals surface area (Å²) in [7, 11) is 0. The minimum absolute atomic E-state index is 0.215. The zero-order valence-electron chi connectivity index (χ0n) is 24.2. The van der Waals surface area contributed by atoms with Crippen LogP contribution >= 0.6 is 11.3 Å². The molecule has 0 radical (unpaired) electrons. The van der Waals surface area contributed by atoms with Gasteiger partial charge < -0.3 is 24.6 Å². The predicted molar refractivity (Wildman–Crippen MR) is 160 cm³/mol. The first-order valence-electron chi connectivity index (χ1n) is 13.3. The molecule has 3 amide bonds. The number of rotatable bonds is 5. The topological polar surface area (TPSA) is 126 Å². The molecule has 1 fully saturated rings. The number of thiazole rings is 1. The Kier molecular flexibility index (Phi) is 8.81. The van der Waals surface area contributed by atoms with Crippen LogP contribution in [-0.4, -0.2) is 70.3 Å². The van der Waals surface area contributed by atoms with Gasteiger partial charge in [0.1, 0.15) is 16.9 Å². The molecule has 12 heteroatoms. The van der Waals surface area contributed by atoms with E-state index in [-0.39, 0.29) is 11.8 Å². The number of hydrogen-bond acceptors (Lipinski definition) is 9. The Morgan fingerprint density at radius 2 is 1.56 bits per heavy atom. The Bertz CT molecular complexity index is 1370. The lowest BCUT2D eigenvalue weighted by molar-refractivity contribution is 0.0240. The van der Waals surface area contributed by atoms with Gasteiger partial charge in [-0.3, -0.25) is 15.1 Å². The first-order valence-corrected chi connectivity index (χ1v) is 14.2. The van der Waals surface area contributed by atoms with Gasteiger partial charge in [0.05, 0.1) is 33.6 Å². The Hall–Kier alpha value is -4.19. The molecule has 2 aromatic heterocycles. The number of benzene rings is 1. The quantitative estimate of drug-likeness (QED) is 0.384. The molecule has 3 aromatic rings. The number of carbonyl (C=O) groups is 3. The number of aromatic nitrogens is 2. The normalized spacial score (nSPS) is 13.9. The Balaban J connectivity index is 1.44. The number of hydrogen-bond donors (Lipinski definition) is 2. The Morgan fingerprint density at radius 3 is 2.15 bits per heavy atom. The van der Waals surface area contributed by atoms with Gasteiger partial charge in [0.2, 0.25) is 0 Å². The van der Waals surface area contributed by atoms with E-state index in [1.807, 2.05) is 32.9 Å². The van der Waals surface area contributed by atoms with Gasteiger partial charge in [-0.1, -0.05) is 6.07 Å².